The van der Waals surface area contributed by atoms with Gasteiger partial charge in [0, 0.05) is 32.2 Å². The van der Waals surface area contributed by atoms with Crippen LogP contribution in [0.15, 0.2) is 29.3 Å². The van der Waals surface area contributed by atoms with Crippen molar-refractivity contribution in [2.45, 2.75) is 33.1 Å². The first-order chi connectivity index (χ1) is 9.63. The second-order valence-corrected chi connectivity index (χ2v) is 5.02. The van der Waals surface area contributed by atoms with Crippen molar-refractivity contribution in [3.63, 3.8) is 0 Å². The molecule has 0 spiro atoms. The first-order valence-corrected chi connectivity index (χ1v) is 7.31. The summed E-state index contributed by atoms with van der Waals surface area (Å²) in [5.41, 5.74) is 8.42. The molecule has 1 aromatic carbocycles. The monoisotopic (exact) mass is 405 g/mol. The van der Waals surface area contributed by atoms with Crippen molar-refractivity contribution in [1.82, 2.24) is 5.32 Å². The fourth-order valence-corrected chi connectivity index (χ4v) is 1.91. The molecule has 1 aromatic rings. The molecule has 0 saturated heterocycles. The number of ether oxygens (including phenoxy) is 1. The van der Waals surface area contributed by atoms with Crippen LogP contribution in [-0.4, -0.2) is 32.3 Å². The molecule has 0 aliphatic heterocycles. The van der Waals surface area contributed by atoms with Gasteiger partial charge in [0.15, 0.2) is 5.96 Å². The second-order valence-electron chi connectivity index (χ2n) is 5.02. The number of halogens is 1. The Balaban J connectivity index is 0.00000400. The lowest BCUT2D eigenvalue weighted by atomic mass is 10.00. The third-order valence-electron chi connectivity index (χ3n) is 3.12. The van der Waals surface area contributed by atoms with Gasteiger partial charge in [-0.05, 0) is 25.8 Å². The van der Waals surface area contributed by atoms with Gasteiger partial charge in [-0.3, -0.25) is 4.99 Å². The van der Waals surface area contributed by atoms with Gasteiger partial charge in [0.1, 0.15) is 0 Å². The molecular weight excluding hydrogens is 377 g/mol. The number of rotatable bonds is 8. The Labute approximate surface area is 145 Å². The molecule has 1 rings (SSSR count). The number of aliphatic imine (C=N–C) groups is 1. The predicted octanol–water partition coefficient (Wildman–Crippen LogP) is 3.05. The highest BCUT2D eigenvalue weighted by Crippen LogP contribution is 2.16. The first kappa shape index (κ1) is 20.2. The van der Waals surface area contributed by atoms with Crippen molar-refractivity contribution in [2.75, 3.05) is 26.3 Å². The molecule has 3 N–H and O–H groups in total. The van der Waals surface area contributed by atoms with E-state index in [0.29, 0.717) is 18.4 Å². The number of guanidine groups is 1. The van der Waals surface area contributed by atoms with Gasteiger partial charge >= 0.3 is 0 Å². The molecule has 0 bridgehead atoms. The number of aryl methyl sites for hydroxylation is 1. The predicted molar refractivity (Wildman–Crippen MR) is 101 cm³/mol. The number of nitrogens with zero attached hydrogens (tertiary/aromatic N) is 1. The summed E-state index contributed by atoms with van der Waals surface area (Å²) in [7, 11) is 0. The van der Waals surface area contributed by atoms with Crippen LogP contribution in [0.2, 0.25) is 0 Å². The summed E-state index contributed by atoms with van der Waals surface area (Å²) in [5.74, 6) is 0.889. The lowest BCUT2D eigenvalue weighted by molar-refractivity contribution is 0.145. The van der Waals surface area contributed by atoms with E-state index < -0.39 is 0 Å². The Morgan fingerprint density at radius 3 is 2.86 bits per heavy atom. The molecule has 0 aliphatic rings. The molecule has 0 aliphatic carbocycles. The average molecular weight is 405 g/mol. The van der Waals surface area contributed by atoms with Crippen LogP contribution in [0.1, 0.15) is 37.3 Å². The largest absolute Gasteiger partial charge is 0.382 e. The lowest BCUT2D eigenvalue weighted by Crippen LogP contribution is -2.33. The van der Waals surface area contributed by atoms with Crippen LogP contribution in [0.3, 0.4) is 0 Å². The van der Waals surface area contributed by atoms with Gasteiger partial charge in [-0.25, -0.2) is 0 Å². The molecule has 4 nitrogen and oxygen atoms in total. The topological polar surface area (TPSA) is 59.6 Å². The molecule has 1 atom stereocenters. The van der Waals surface area contributed by atoms with E-state index in [9.17, 15) is 0 Å². The number of nitrogens with two attached hydrogens (primary N) is 1. The molecule has 5 heteroatoms. The van der Waals surface area contributed by atoms with E-state index in [-0.39, 0.29) is 24.0 Å². The lowest BCUT2D eigenvalue weighted by Gasteiger charge is -2.11. The Hall–Kier alpha value is -0.820. The zero-order valence-corrected chi connectivity index (χ0v) is 15.6. The van der Waals surface area contributed by atoms with Crippen molar-refractivity contribution in [1.29, 1.82) is 0 Å². The van der Waals surface area contributed by atoms with E-state index >= 15 is 0 Å². The fraction of sp³-hybridized carbons (Fsp3) is 0.562. The maximum Gasteiger partial charge on any atom is 0.188 e. The van der Waals surface area contributed by atoms with E-state index in [1.54, 1.807) is 0 Å². The standard InChI is InChI=1S/C16H27N3O.HI/c1-4-20-10-6-9-18-16(17)19-12-14(3)15-8-5-7-13(2)11-15;/h5,7-8,11,14H,4,6,9-10,12H2,1-3H3,(H3,17,18,19);1H. The van der Waals surface area contributed by atoms with Crippen LogP contribution in [0, 0.1) is 6.92 Å². The highest BCUT2D eigenvalue weighted by molar-refractivity contribution is 14.0. The molecule has 21 heavy (non-hydrogen) atoms. The minimum atomic E-state index is 0. The number of benzene rings is 1. The Bertz CT molecular complexity index is 424. The summed E-state index contributed by atoms with van der Waals surface area (Å²) in [6, 6.07) is 8.53. The molecule has 0 aromatic heterocycles. The maximum absolute atomic E-state index is 5.84. The molecule has 1 unspecified atom stereocenters. The van der Waals surface area contributed by atoms with Crippen LogP contribution in [-0.2, 0) is 4.74 Å². The quantitative estimate of drug-likeness (QED) is 0.303. The van der Waals surface area contributed by atoms with Crippen molar-refractivity contribution in [3.8, 4) is 0 Å². The van der Waals surface area contributed by atoms with Gasteiger partial charge < -0.3 is 15.8 Å². The van der Waals surface area contributed by atoms with Crippen LogP contribution in [0.5, 0.6) is 0 Å². The zero-order valence-electron chi connectivity index (χ0n) is 13.3. The summed E-state index contributed by atoms with van der Waals surface area (Å²) in [6.45, 7) is 9.29. The smallest absolute Gasteiger partial charge is 0.188 e. The van der Waals surface area contributed by atoms with Gasteiger partial charge in [-0.2, -0.15) is 0 Å². The van der Waals surface area contributed by atoms with Gasteiger partial charge in [0.25, 0.3) is 0 Å². The second kappa shape index (κ2) is 11.8. The van der Waals surface area contributed by atoms with Gasteiger partial charge in [0.05, 0.1) is 0 Å². The van der Waals surface area contributed by atoms with Gasteiger partial charge in [-0.1, -0.05) is 36.8 Å². The summed E-state index contributed by atoms with van der Waals surface area (Å²) in [5, 5.41) is 3.11. The fourth-order valence-electron chi connectivity index (χ4n) is 1.91. The summed E-state index contributed by atoms with van der Waals surface area (Å²) < 4.78 is 5.26. The van der Waals surface area contributed by atoms with Crippen molar-refractivity contribution in [3.05, 3.63) is 35.4 Å². The Kier molecular flexibility index (Phi) is 11.3. The number of hydrogen-bond acceptors (Lipinski definition) is 2. The molecule has 0 amide bonds. The molecule has 0 saturated carbocycles. The van der Waals surface area contributed by atoms with E-state index in [0.717, 1.165) is 26.2 Å². The van der Waals surface area contributed by atoms with E-state index in [1.165, 1.54) is 11.1 Å². The van der Waals surface area contributed by atoms with Crippen molar-refractivity contribution < 1.29 is 4.74 Å². The van der Waals surface area contributed by atoms with Crippen LogP contribution >= 0.6 is 24.0 Å². The SMILES string of the molecule is CCOCCCNC(N)=NCC(C)c1cccc(C)c1.I. The number of nitrogens with one attached hydrogen (secondary N) is 1. The molecule has 0 fully saturated rings. The average Bonchev–Trinajstić information content (AvgIpc) is 2.44. The molecule has 0 heterocycles. The van der Waals surface area contributed by atoms with E-state index in [1.807, 2.05) is 6.92 Å². The Morgan fingerprint density at radius 1 is 1.43 bits per heavy atom. The number of hydrogen-bond donors (Lipinski definition) is 2. The maximum atomic E-state index is 5.84. The normalized spacial score (nSPS) is 12.6. The Morgan fingerprint density at radius 2 is 2.19 bits per heavy atom. The molecular formula is C16H28IN3O. The van der Waals surface area contributed by atoms with Crippen molar-refractivity contribution in [2.24, 2.45) is 10.7 Å². The molecule has 0 radical (unpaired) electrons. The summed E-state index contributed by atoms with van der Waals surface area (Å²) in [6.07, 6.45) is 0.942. The third-order valence-corrected chi connectivity index (χ3v) is 3.12. The van der Waals surface area contributed by atoms with Crippen LogP contribution in [0.25, 0.3) is 0 Å². The molecule has 120 valence electrons. The van der Waals surface area contributed by atoms with Crippen LogP contribution in [0.4, 0.5) is 0 Å². The van der Waals surface area contributed by atoms with Gasteiger partial charge in [-0.15, -0.1) is 24.0 Å². The highest BCUT2D eigenvalue weighted by atomic mass is 127. The van der Waals surface area contributed by atoms with E-state index in [4.69, 9.17) is 10.5 Å². The minimum Gasteiger partial charge on any atom is -0.382 e. The minimum absolute atomic E-state index is 0. The summed E-state index contributed by atoms with van der Waals surface area (Å²) >= 11 is 0. The van der Waals surface area contributed by atoms with Crippen LogP contribution < -0.4 is 11.1 Å². The van der Waals surface area contributed by atoms with E-state index in [2.05, 4.69) is 48.4 Å². The highest BCUT2D eigenvalue weighted by Gasteiger charge is 2.04. The first-order valence-electron chi connectivity index (χ1n) is 7.31. The van der Waals surface area contributed by atoms with Gasteiger partial charge in [0.2, 0.25) is 0 Å². The summed E-state index contributed by atoms with van der Waals surface area (Å²) in [4.78, 5) is 4.39. The third kappa shape index (κ3) is 8.93. The zero-order chi connectivity index (χ0) is 14.8. The van der Waals surface area contributed by atoms with Crippen molar-refractivity contribution >= 4 is 29.9 Å².